The van der Waals surface area contributed by atoms with Gasteiger partial charge in [0.15, 0.2) is 0 Å². The molecule has 0 spiro atoms. The lowest BCUT2D eigenvalue weighted by Crippen LogP contribution is -2.37. The molecule has 1 aromatic rings. The number of hydrogen-bond donors (Lipinski definition) is 1. The third kappa shape index (κ3) is 3.96. The molecule has 0 saturated heterocycles. The van der Waals surface area contributed by atoms with E-state index >= 15 is 0 Å². The molecule has 19 heavy (non-hydrogen) atoms. The summed E-state index contributed by atoms with van der Waals surface area (Å²) in [5.74, 6) is 1.18. The molecule has 0 aliphatic heterocycles. The first-order valence-corrected chi connectivity index (χ1v) is 7.75. The zero-order valence-electron chi connectivity index (χ0n) is 13.1. The molecule has 0 fully saturated rings. The Bertz CT molecular complexity index is 398. The van der Waals surface area contributed by atoms with E-state index in [1.165, 1.54) is 5.69 Å². The fraction of sp³-hybridized carbons (Fsp3) is 0.800. The Balaban J connectivity index is 2.96. The highest BCUT2D eigenvalue weighted by Crippen LogP contribution is 2.27. The fourth-order valence-electron chi connectivity index (χ4n) is 2.75. The van der Waals surface area contributed by atoms with Gasteiger partial charge >= 0.3 is 0 Å². The SMILES string of the molecule is CCNC(C)C(Cc1c(Cl)c(C)nn1CC)C(C)C. The molecule has 1 heterocycles. The summed E-state index contributed by atoms with van der Waals surface area (Å²) in [5.41, 5.74) is 2.13. The van der Waals surface area contributed by atoms with E-state index in [1.807, 2.05) is 11.6 Å². The van der Waals surface area contributed by atoms with Gasteiger partial charge in [-0.3, -0.25) is 4.68 Å². The Morgan fingerprint density at radius 2 is 1.89 bits per heavy atom. The predicted octanol–water partition coefficient (Wildman–Crippen LogP) is 3.68. The van der Waals surface area contributed by atoms with Crippen molar-refractivity contribution < 1.29 is 0 Å². The normalized spacial score (nSPS) is 14.9. The van der Waals surface area contributed by atoms with Gasteiger partial charge in [0.05, 0.1) is 16.4 Å². The highest BCUT2D eigenvalue weighted by molar-refractivity contribution is 6.31. The minimum atomic E-state index is 0.488. The molecule has 1 N–H and O–H groups in total. The Kier molecular flexibility index (Phi) is 6.34. The fourth-order valence-corrected chi connectivity index (χ4v) is 2.96. The van der Waals surface area contributed by atoms with E-state index in [9.17, 15) is 0 Å². The first kappa shape index (κ1) is 16.5. The van der Waals surface area contributed by atoms with Crippen molar-refractivity contribution >= 4 is 11.6 Å². The van der Waals surface area contributed by atoms with Crippen LogP contribution in [0.2, 0.25) is 5.02 Å². The molecule has 0 aliphatic carbocycles. The summed E-state index contributed by atoms with van der Waals surface area (Å²) in [5, 5.41) is 8.89. The summed E-state index contributed by atoms with van der Waals surface area (Å²) in [6.07, 6.45) is 0.985. The molecule has 0 aromatic carbocycles. The molecule has 1 aromatic heterocycles. The molecule has 0 radical (unpaired) electrons. The maximum absolute atomic E-state index is 6.42. The lowest BCUT2D eigenvalue weighted by atomic mass is 9.85. The largest absolute Gasteiger partial charge is 0.314 e. The zero-order valence-corrected chi connectivity index (χ0v) is 13.9. The van der Waals surface area contributed by atoms with E-state index in [0.717, 1.165) is 30.2 Å². The zero-order chi connectivity index (χ0) is 14.6. The van der Waals surface area contributed by atoms with Gasteiger partial charge in [0, 0.05) is 12.6 Å². The quantitative estimate of drug-likeness (QED) is 0.828. The van der Waals surface area contributed by atoms with E-state index in [2.05, 4.69) is 45.0 Å². The van der Waals surface area contributed by atoms with Gasteiger partial charge in [0.1, 0.15) is 0 Å². The second-order valence-corrected chi connectivity index (χ2v) is 6.00. The smallest absolute Gasteiger partial charge is 0.0847 e. The van der Waals surface area contributed by atoms with Crippen molar-refractivity contribution in [3.05, 3.63) is 16.4 Å². The van der Waals surface area contributed by atoms with E-state index in [0.29, 0.717) is 17.9 Å². The number of aryl methyl sites for hydroxylation is 2. The van der Waals surface area contributed by atoms with Crippen molar-refractivity contribution in [2.24, 2.45) is 11.8 Å². The number of rotatable bonds is 7. The number of nitrogens with zero attached hydrogens (tertiary/aromatic N) is 2. The molecule has 2 unspecified atom stereocenters. The van der Waals surface area contributed by atoms with Gasteiger partial charge in [-0.05, 0) is 45.6 Å². The van der Waals surface area contributed by atoms with Gasteiger partial charge in [-0.2, -0.15) is 5.10 Å². The van der Waals surface area contributed by atoms with Gasteiger partial charge in [-0.1, -0.05) is 32.4 Å². The number of hydrogen-bond acceptors (Lipinski definition) is 2. The summed E-state index contributed by atoms with van der Waals surface area (Å²) in [6.45, 7) is 15.0. The lowest BCUT2D eigenvalue weighted by Gasteiger charge is -2.28. The lowest BCUT2D eigenvalue weighted by molar-refractivity contribution is 0.286. The minimum absolute atomic E-state index is 0.488. The molecule has 4 heteroatoms. The van der Waals surface area contributed by atoms with Crippen LogP contribution >= 0.6 is 11.6 Å². The van der Waals surface area contributed by atoms with E-state index in [1.54, 1.807) is 0 Å². The third-order valence-corrected chi connectivity index (χ3v) is 4.40. The van der Waals surface area contributed by atoms with Gasteiger partial charge in [-0.15, -0.1) is 0 Å². The average molecular weight is 286 g/mol. The maximum atomic E-state index is 6.42. The van der Waals surface area contributed by atoms with E-state index in [-0.39, 0.29) is 0 Å². The van der Waals surface area contributed by atoms with Crippen LogP contribution in [0.5, 0.6) is 0 Å². The van der Waals surface area contributed by atoms with Gasteiger partial charge in [-0.25, -0.2) is 0 Å². The highest BCUT2D eigenvalue weighted by atomic mass is 35.5. The summed E-state index contributed by atoms with van der Waals surface area (Å²) >= 11 is 6.42. The number of nitrogens with one attached hydrogen (secondary N) is 1. The molecule has 0 bridgehead atoms. The van der Waals surface area contributed by atoms with Gasteiger partial charge in [0.2, 0.25) is 0 Å². The van der Waals surface area contributed by atoms with Gasteiger partial charge < -0.3 is 5.32 Å². The Morgan fingerprint density at radius 3 is 2.37 bits per heavy atom. The second-order valence-electron chi connectivity index (χ2n) is 5.62. The Hall–Kier alpha value is -0.540. The molecule has 2 atom stereocenters. The monoisotopic (exact) mass is 285 g/mol. The van der Waals surface area contributed by atoms with Gasteiger partial charge in [0.25, 0.3) is 0 Å². The summed E-state index contributed by atoms with van der Waals surface area (Å²) < 4.78 is 2.05. The summed E-state index contributed by atoms with van der Waals surface area (Å²) in [4.78, 5) is 0. The van der Waals surface area contributed by atoms with Crippen LogP contribution in [0.1, 0.15) is 46.0 Å². The van der Waals surface area contributed by atoms with Crippen molar-refractivity contribution in [2.45, 2.75) is 60.5 Å². The summed E-state index contributed by atoms with van der Waals surface area (Å²) in [6, 6.07) is 0.488. The Labute approximate surface area is 122 Å². The van der Waals surface area contributed by atoms with Crippen LogP contribution in [0, 0.1) is 18.8 Å². The molecular weight excluding hydrogens is 258 g/mol. The van der Waals surface area contributed by atoms with Crippen molar-refractivity contribution in [1.29, 1.82) is 0 Å². The van der Waals surface area contributed by atoms with Crippen LogP contribution in [0.25, 0.3) is 0 Å². The predicted molar refractivity (Wildman–Crippen MR) is 82.8 cm³/mol. The molecule has 0 amide bonds. The van der Waals surface area contributed by atoms with Crippen LogP contribution in [0.4, 0.5) is 0 Å². The van der Waals surface area contributed by atoms with Crippen LogP contribution < -0.4 is 5.32 Å². The molecule has 0 saturated carbocycles. The number of halogens is 1. The molecular formula is C15H28ClN3. The van der Waals surface area contributed by atoms with E-state index < -0.39 is 0 Å². The van der Waals surface area contributed by atoms with Crippen molar-refractivity contribution in [3.63, 3.8) is 0 Å². The molecule has 110 valence electrons. The Morgan fingerprint density at radius 1 is 1.26 bits per heavy atom. The number of aromatic nitrogens is 2. The molecule has 0 aliphatic rings. The summed E-state index contributed by atoms with van der Waals surface area (Å²) in [7, 11) is 0. The molecule has 3 nitrogen and oxygen atoms in total. The van der Waals surface area contributed by atoms with Crippen molar-refractivity contribution in [1.82, 2.24) is 15.1 Å². The van der Waals surface area contributed by atoms with Crippen molar-refractivity contribution in [2.75, 3.05) is 6.54 Å². The van der Waals surface area contributed by atoms with Crippen LogP contribution in [-0.2, 0) is 13.0 Å². The standard InChI is InChI=1S/C15H28ClN3/c1-7-17-11(5)13(10(3)4)9-14-15(16)12(6)18-19(14)8-2/h10-11,13,17H,7-9H2,1-6H3. The van der Waals surface area contributed by atoms with Crippen LogP contribution in [0.15, 0.2) is 0 Å². The first-order chi connectivity index (χ1) is 8.92. The topological polar surface area (TPSA) is 29.9 Å². The van der Waals surface area contributed by atoms with Crippen LogP contribution in [0.3, 0.4) is 0 Å². The third-order valence-electron chi connectivity index (χ3n) is 3.91. The maximum Gasteiger partial charge on any atom is 0.0847 e. The minimum Gasteiger partial charge on any atom is -0.314 e. The molecule has 1 rings (SSSR count). The average Bonchev–Trinajstić information content (AvgIpc) is 2.62. The second kappa shape index (κ2) is 7.30. The van der Waals surface area contributed by atoms with Crippen molar-refractivity contribution in [3.8, 4) is 0 Å². The van der Waals surface area contributed by atoms with E-state index in [4.69, 9.17) is 11.6 Å². The first-order valence-electron chi connectivity index (χ1n) is 7.37. The van der Waals surface area contributed by atoms with Crippen LogP contribution in [-0.4, -0.2) is 22.4 Å². The highest BCUT2D eigenvalue weighted by Gasteiger charge is 2.24.